The first-order chi connectivity index (χ1) is 2.89. The van der Waals surface area contributed by atoms with Crippen LogP contribution in [0.25, 0.3) is 5.73 Å². The Kier molecular flexibility index (Phi) is 4.32. The molecule has 0 aliphatic heterocycles. The molecule has 0 heterocycles. The quantitative estimate of drug-likeness (QED) is 0.574. The van der Waals surface area contributed by atoms with E-state index in [9.17, 15) is 0 Å². The second-order valence-corrected chi connectivity index (χ2v) is 0.933. The van der Waals surface area contributed by atoms with Crippen LogP contribution in [0.5, 0.6) is 0 Å². The third-order valence-electron chi connectivity index (χ3n) is 0.408. The second-order valence-electron chi connectivity index (χ2n) is 0.933. The van der Waals surface area contributed by atoms with Gasteiger partial charge in [0.25, 0.3) is 0 Å². The Labute approximate surface area is 63.9 Å². The van der Waals surface area contributed by atoms with Crippen molar-refractivity contribution < 1.29 is 38.9 Å². The van der Waals surface area contributed by atoms with Gasteiger partial charge >= 0.3 is 40.7 Å². The molecule has 0 unspecified atom stereocenters. The molecule has 0 fully saturated rings. The monoisotopic (exact) mass is 207 g/mol. The van der Waals surface area contributed by atoms with E-state index in [4.69, 9.17) is 5.73 Å². The fourth-order valence-electron chi connectivity index (χ4n) is 0.0510. The average Bonchev–Trinajstić information content (AvgIpc) is 2.30. The second kappa shape index (κ2) is 3.87. The minimum atomic E-state index is 0.792. The van der Waals surface area contributed by atoms with Crippen molar-refractivity contribution in [2.24, 2.45) is 0 Å². The Morgan fingerprint density at radius 3 is 2.00 bits per heavy atom. The molecule has 0 aromatic carbocycles. The normalized spacial score (nSPS) is 13.8. The maximum absolute atomic E-state index is 6.56. The van der Waals surface area contributed by atoms with E-state index in [0.717, 1.165) is 51.0 Å². The van der Waals surface area contributed by atoms with Gasteiger partial charge in [-0.25, -0.2) is 0 Å². The number of allylic oxidation sites excluding steroid dienone is 2. The summed E-state index contributed by atoms with van der Waals surface area (Å²) >= 11 is 0.806. The molecule has 0 saturated heterocycles. The Morgan fingerprint density at radius 2 is 2.00 bits per heavy atom. The summed E-state index contributed by atoms with van der Waals surface area (Å²) in [4.78, 5) is 0. The zero-order chi connectivity index (χ0) is 4.99. The number of rotatable bonds is 0. The molecular formula is C4H5CeN-. The van der Waals surface area contributed by atoms with Gasteiger partial charge < -0.3 is 5.73 Å². The van der Waals surface area contributed by atoms with Crippen LogP contribution in [0.4, 0.5) is 0 Å². The largest absolute Gasteiger partial charge is 0.702 e. The van der Waals surface area contributed by atoms with Crippen LogP contribution in [0.1, 0.15) is 6.42 Å². The van der Waals surface area contributed by atoms with Gasteiger partial charge in [0.15, 0.2) is 0 Å². The molecule has 1 nitrogen and oxygen atoms in total. The summed E-state index contributed by atoms with van der Waals surface area (Å²) in [5.74, 6) is 0. The predicted octanol–water partition coefficient (Wildman–Crippen LogP) is 1.45. The number of hydrogen-bond acceptors (Lipinski definition) is 0. The van der Waals surface area contributed by atoms with Crippen LogP contribution in [0.15, 0.2) is 11.8 Å². The van der Waals surface area contributed by atoms with E-state index in [-0.39, 0.29) is 0 Å². The fourth-order valence-corrected chi connectivity index (χ4v) is 0.0510. The van der Waals surface area contributed by atoms with E-state index >= 15 is 0 Å². The zero-order valence-corrected chi connectivity index (χ0v) is 6.50. The molecule has 1 N–H and O–H groups in total. The summed E-state index contributed by atoms with van der Waals surface area (Å²) in [6, 6.07) is 0. The molecule has 31 valence electrons. The van der Waals surface area contributed by atoms with E-state index in [2.05, 4.69) is 1.79 Å². The van der Waals surface area contributed by atoms with Crippen molar-refractivity contribution in [2.75, 3.05) is 0 Å². The van der Waals surface area contributed by atoms with Crippen LogP contribution in [-0.2, 0) is 0 Å². The smallest absolute Gasteiger partial charge is 0.0322 e. The van der Waals surface area contributed by atoms with Crippen molar-refractivity contribution in [3.05, 3.63) is 17.5 Å². The molecule has 1 rings (SSSR count). The molecule has 6 heavy (non-hydrogen) atoms. The molecule has 0 aromatic heterocycles. The number of nitrogens with one attached hydrogen (secondary N) is 1. The summed E-state index contributed by atoms with van der Waals surface area (Å²) in [6.45, 7) is 0. The molecule has 1 aliphatic rings. The van der Waals surface area contributed by atoms with Gasteiger partial charge in [0.05, 0.1) is 0 Å². The first-order valence-electron chi connectivity index (χ1n) is 1.59. The Morgan fingerprint density at radius 1 is 1.83 bits per heavy atom. The van der Waals surface area contributed by atoms with Crippen molar-refractivity contribution in [1.82, 2.24) is 0 Å². The maximum atomic E-state index is 6.56. The van der Waals surface area contributed by atoms with Crippen LogP contribution in [0.3, 0.4) is 0 Å². The zero-order valence-electron chi connectivity index (χ0n) is 3.36. The summed E-state index contributed by atoms with van der Waals surface area (Å²) < 4.78 is 4.64. The Hall–Kier alpha value is 0.697. The fraction of sp³-hybridized carbons (Fsp3) is 0.250. The van der Waals surface area contributed by atoms with E-state index in [1.165, 1.54) is 0 Å². The van der Waals surface area contributed by atoms with Gasteiger partial charge in [-0.05, 0) is 6.42 Å². The summed E-state index contributed by atoms with van der Waals surface area (Å²) in [6.07, 6.45) is 2.82. The molecule has 0 spiro atoms. The standard InChI is InChI=1S/C3H4N.CH.Ce/c4-3-1-2-3;;/h1,4H,2H2;1H;/q-1;;. The number of hydrogen-bond donors (Lipinski definition) is 0. The Balaban J connectivity index is 0.000000112. The third kappa shape index (κ3) is 4.70. The molecular weight excluding hydrogens is 202 g/mol. The van der Waals surface area contributed by atoms with Gasteiger partial charge in [-0.1, -0.05) is 0 Å². The first-order valence-corrected chi connectivity index (χ1v) is 3.40. The van der Waals surface area contributed by atoms with Crippen molar-refractivity contribution in [3.8, 4) is 1.79 Å². The SMILES string of the molecule is [CH]#[Ce].[NH-]C1=CC1. The predicted molar refractivity (Wildman–Crippen MR) is 22.0 cm³/mol. The molecule has 0 radical (unpaired) electrons. The van der Waals surface area contributed by atoms with E-state index in [1.807, 2.05) is 6.08 Å². The average molecular weight is 207 g/mol. The summed E-state index contributed by atoms with van der Waals surface area (Å²) in [7, 11) is 0. The molecule has 0 amide bonds. The maximum Gasteiger partial charge on any atom is -0.0322 e. The molecule has 0 atom stereocenters. The van der Waals surface area contributed by atoms with Crippen LogP contribution in [0, 0.1) is 40.7 Å². The van der Waals surface area contributed by atoms with Gasteiger partial charge in [0.1, 0.15) is 0 Å². The van der Waals surface area contributed by atoms with Crippen molar-refractivity contribution >= 4 is 0 Å². The topological polar surface area (TPSA) is 23.8 Å². The van der Waals surface area contributed by atoms with Gasteiger partial charge in [-0.15, -0.1) is 6.08 Å². The van der Waals surface area contributed by atoms with E-state index in [0.29, 0.717) is 0 Å². The minimum absolute atomic E-state index is 0.792. The molecule has 0 bridgehead atoms. The molecule has 2 heteroatoms. The van der Waals surface area contributed by atoms with Gasteiger partial charge in [0.2, 0.25) is 0 Å². The van der Waals surface area contributed by atoms with Gasteiger partial charge in [0, 0.05) is 0 Å². The van der Waals surface area contributed by atoms with Crippen LogP contribution in [0.2, 0.25) is 0 Å². The van der Waals surface area contributed by atoms with Gasteiger partial charge in [-0.2, -0.15) is 5.70 Å². The summed E-state index contributed by atoms with van der Waals surface area (Å²) in [5, 5.41) is 0. The van der Waals surface area contributed by atoms with Crippen molar-refractivity contribution in [3.63, 3.8) is 0 Å². The van der Waals surface area contributed by atoms with Crippen LogP contribution < -0.4 is 0 Å². The van der Waals surface area contributed by atoms with Crippen molar-refractivity contribution in [2.45, 2.75) is 6.42 Å². The van der Waals surface area contributed by atoms with E-state index < -0.39 is 0 Å². The molecule has 0 saturated carbocycles. The van der Waals surface area contributed by atoms with E-state index in [1.54, 1.807) is 0 Å². The molecule has 0 aromatic rings. The minimum Gasteiger partial charge on any atom is -0.702 e. The van der Waals surface area contributed by atoms with Crippen molar-refractivity contribution in [1.29, 1.82) is 0 Å². The van der Waals surface area contributed by atoms with Gasteiger partial charge in [-0.3, -0.25) is 0 Å². The third-order valence-corrected chi connectivity index (χ3v) is 0.408. The Bertz CT molecular complexity index is 82.8. The van der Waals surface area contributed by atoms with Crippen LogP contribution >= 0.6 is 0 Å². The molecule has 1 aliphatic carbocycles. The van der Waals surface area contributed by atoms with Crippen LogP contribution in [-0.4, -0.2) is 0 Å². The first kappa shape index (κ1) is 6.70. The summed E-state index contributed by atoms with van der Waals surface area (Å²) in [5.41, 5.74) is 7.35.